The SMILES string of the molecule is CN(CCC(=O)O)S(=O)(=O)NC1COc2ccccc21. The molecular weight excluding hydrogens is 284 g/mol. The van der Waals surface area contributed by atoms with E-state index in [-0.39, 0.29) is 19.6 Å². The molecule has 8 heteroatoms. The maximum atomic E-state index is 12.1. The molecule has 0 radical (unpaired) electrons. The Bertz CT molecular complexity index is 602. The van der Waals surface area contributed by atoms with E-state index in [1.807, 2.05) is 12.1 Å². The molecule has 1 aromatic rings. The molecule has 1 atom stereocenters. The summed E-state index contributed by atoms with van der Waals surface area (Å²) in [5, 5.41) is 8.58. The molecule has 0 saturated heterocycles. The number of nitrogens with one attached hydrogen (secondary N) is 1. The second-order valence-electron chi connectivity index (χ2n) is 4.49. The second-order valence-corrected chi connectivity index (χ2v) is 6.30. The quantitative estimate of drug-likeness (QED) is 0.791. The lowest BCUT2D eigenvalue weighted by Gasteiger charge is -2.19. The molecular formula is C12H16N2O5S. The lowest BCUT2D eigenvalue weighted by atomic mass is 10.1. The van der Waals surface area contributed by atoms with E-state index < -0.39 is 22.2 Å². The number of para-hydroxylation sites is 1. The monoisotopic (exact) mass is 300 g/mol. The van der Waals surface area contributed by atoms with Crippen molar-refractivity contribution in [3.05, 3.63) is 29.8 Å². The van der Waals surface area contributed by atoms with Crippen LogP contribution in [0.1, 0.15) is 18.0 Å². The highest BCUT2D eigenvalue weighted by Gasteiger charge is 2.29. The molecule has 0 fully saturated rings. The van der Waals surface area contributed by atoms with Crippen molar-refractivity contribution in [2.45, 2.75) is 12.5 Å². The topological polar surface area (TPSA) is 95.9 Å². The van der Waals surface area contributed by atoms with Crippen LogP contribution in [0.5, 0.6) is 5.75 Å². The van der Waals surface area contributed by atoms with Crippen molar-refractivity contribution in [2.75, 3.05) is 20.2 Å². The number of hydrogen-bond acceptors (Lipinski definition) is 4. The van der Waals surface area contributed by atoms with Crippen molar-refractivity contribution >= 4 is 16.2 Å². The van der Waals surface area contributed by atoms with Crippen LogP contribution in [0.25, 0.3) is 0 Å². The molecule has 1 aliphatic rings. The highest BCUT2D eigenvalue weighted by Crippen LogP contribution is 2.32. The minimum atomic E-state index is -3.74. The number of hydrogen-bond donors (Lipinski definition) is 2. The van der Waals surface area contributed by atoms with Gasteiger partial charge < -0.3 is 9.84 Å². The summed E-state index contributed by atoms with van der Waals surface area (Å²) in [5.74, 6) is -0.380. The van der Waals surface area contributed by atoms with E-state index in [0.717, 1.165) is 9.87 Å². The van der Waals surface area contributed by atoms with Gasteiger partial charge in [0.15, 0.2) is 0 Å². The van der Waals surface area contributed by atoms with E-state index >= 15 is 0 Å². The zero-order chi connectivity index (χ0) is 14.8. The first-order valence-corrected chi connectivity index (χ1v) is 7.51. The fraction of sp³-hybridized carbons (Fsp3) is 0.417. The first-order valence-electron chi connectivity index (χ1n) is 6.07. The number of aliphatic carboxylic acids is 1. The Morgan fingerprint density at radius 2 is 2.20 bits per heavy atom. The largest absolute Gasteiger partial charge is 0.491 e. The molecule has 1 aliphatic heterocycles. The summed E-state index contributed by atoms with van der Waals surface area (Å²) in [4.78, 5) is 10.5. The lowest BCUT2D eigenvalue weighted by molar-refractivity contribution is -0.137. The van der Waals surface area contributed by atoms with E-state index in [1.54, 1.807) is 12.1 Å². The minimum Gasteiger partial charge on any atom is -0.491 e. The summed E-state index contributed by atoms with van der Waals surface area (Å²) in [7, 11) is -2.40. The highest BCUT2D eigenvalue weighted by molar-refractivity contribution is 7.87. The molecule has 110 valence electrons. The molecule has 0 bridgehead atoms. The van der Waals surface area contributed by atoms with Gasteiger partial charge in [0.25, 0.3) is 10.2 Å². The van der Waals surface area contributed by atoms with E-state index in [2.05, 4.69) is 4.72 Å². The Labute approximate surface area is 117 Å². The molecule has 1 unspecified atom stereocenters. The van der Waals surface area contributed by atoms with Crippen molar-refractivity contribution in [1.29, 1.82) is 0 Å². The van der Waals surface area contributed by atoms with Gasteiger partial charge in [0, 0.05) is 19.2 Å². The molecule has 20 heavy (non-hydrogen) atoms. The third kappa shape index (κ3) is 3.27. The van der Waals surface area contributed by atoms with Gasteiger partial charge in [-0.05, 0) is 6.07 Å². The molecule has 0 spiro atoms. The van der Waals surface area contributed by atoms with Gasteiger partial charge in [0.2, 0.25) is 0 Å². The summed E-state index contributed by atoms with van der Waals surface area (Å²) in [6.07, 6.45) is -0.241. The molecule has 1 aromatic carbocycles. The van der Waals surface area contributed by atoms with Crippen LogP contribution in [-0.2, 0) is 15.0 Å². The van der Waals surface area contributed by atoms with Gasteiger partial charge in [-0.25, -0.2) is 0 Å². The number of carboxylic acids is 1. The van der Waals surface area contributed by atoms with Gasteiger partial charge in [-0.1, -0.05) is 18.2 Å². The van der Waals surface area contributed by atoms with Crippen LogP contribution in [0.4, 0.5) is 0 Å². The Balaban J connectivity index is 2.04. The number of carbonyl (C=O) groups is 1. The Morgan fingerprint density at radius 3 is 2.90 bits per heavy atom. The fourth-order valence-electron chi connectivity index (χ4n) is 1.90. The van der Waals surface area contributed by atoms with Crippen LogP contribution in [-0.4, -0.2) is 44.0 Å². The summed E-state index contributed by atoms with van der Waals surface area (Å²) in [6.45, 7) is 0.144. The lowest BCUT2D eigenvalue weighted by Crippen LogP contribution is -2.41. The molecule has 1 heterocycles. The van der Waals surface area contributed by atoms with Gasteiger partial charge in [-0.2, -0.15) is 17.4 Å². The molecule has 0 amide bonds. The van der Waals surface area contributed by atoms with Crippen LogP contribution in [0.2, 0.25) is 0 Å². The predicted molar refractivity (Wildman–Crippen MR) is 71.6 cm³/mol. The summed E-state index contributed by atoms with van der Waals surface area (Å²) in [6, 6.07) is 6.74. The van der Waals surface area contributed by atoms with E-state index in [4.69, 9.17) is 9.84 Å². The Hall–Kier alpha value is -1.64. The second kappa shape index (κ2) is 5.78. The van der Waals surface area contributed by atoms with Crippen molar-refractivity contribution in [3.63, 3.8) is 0 Å². The van der Waals surface area contributed by atoms with Crippen LogP contribution >= 0.6 is 0 Å². The van der Waals surface area contributed by atoms with Gasteiger partial charge in [0.05, 0.1) is 12.5 Å². The van der Waals surface area contributed by atoms with Crippen molar-refractivity contribution in [2.24, 2.45) is 0 Å². The Morgan fingerprint density at radius 1 is 1.50 bits per heavy atom. The third-order valence-corrected chi connectivity index (χ3v) is 4.63. The first kappa shape index (κ1) is 14.8. The number of benzene rings is 1. The number of nitrogens with zero attached hydrogens (tertiary/aromatic N) is 1. The average molecular weight is 300 g/mol. The zero-order valence-electron chi connectivity index (χ0n) is 10.9. The number of fused-ring (bicyclic) bond motifs is 1. The minimum absolute atomic E-state index is 0.0834. The van der Waals surface area contributed by atoms with Crippen LogP contribution < -0.4 is 9.46 Å². The molecule has 2 N–H and O–H groups in total. The van der Waals surface area contributed by atoms with Crippen molar-refractivity contribution in [1.82, 2.24) is 9.03 Å². The highest BCUT2D eigenvalue weighted by atomic mass is 32.2. The van der Waals surface area contributed by atoms with Crippen LogP contribution in [0, 0.1) is 0 Å². The predicted octanol–water partition coefficient (Wildman–Crippen LogP) is 0.361. The average Bonchev–Trinajstić information content (AvgIpc) is 2.79. The summed E-state index contributed by atoms with van der Waals surface area (Å²) < 4.78 is 33.0. The molecule has 2 rings (SSSR count). The van der Waals surface area contributed by atoms with Gasteiger partial charge >= 0.3 is 5.97 Å². The van der Waals surface area contributed by atoms with Gasteiger partial charge in [0.1, 0.15) is 12.4 Å². The number of carboxylic acid groups (broad SMARTS) is 1. The molecule has 0 saturated carbocycles. The van der Waals surface area contributed by atoms with Gasteiger partial charge in [-0.15, -0.1) is 0 Å². The van der Waals surface area contributed by atoms with Crippen molar-refractivity contribution < 1.29 is 23.1 Å². The van der Waals surface area contributed by atoms with Crippen LogP contribution in [0.15, 0.2) is 24.3 Å². The van der Waals surface area contributed by atoms with Crippen LogP contribution in [0.3, 0.4) is 0 Å². The number of ether oxygens (including phenoxy) is 1. The first-order chi connectivity index (χ1) is 9.40. The summed E-state index contributed by atoms with van der Waals surface area (Å²) in [5.41, 5.74) is 0.780. The zero-order valence-corrected chi connectivity index (χ0v) is 11.8. The maximum Gasteiger partial charge on any atom is 0.304 e. The fourth-order valence-corrected chi connectivity index (χ4v) is 2.97. The standard InChI is InChI=1S/C12H16N2O5S/c1-14(7-6-12(15)16)20(17,18)13-10-8-19-11-5-3-2-4-9(10)11/h2-5,10,13H,6-8H2,1H3,(H,15,16). The van der Waals surface area contributed by atoms with Crippen molar-refractivity contribution in [3.8, 4) is 5.75 Å². The molecule has 7 nitrogen and oxygen atoms in total. The van der Waals surface area contributed by atoms with E-state index in [1.165, 1.54) is 7.05 Å². The van der Waals surface area contributed by atoms with E-state index in [0.29, 0.717) is 5.75 Å². The maximum absolute atomic E-state index is 12.1. The molecule has 0 aromatic heterocycles. The van der Waals surface area contributed by atoms with Gasteiger partial charge in [-0.3, -0.25) is 4.79 Å². The smallest absolute Gasteiger partial charge is 0.304 e. The third-order valence-electron chi connectivity index (χ3n) is 3.04. The normalized spacial score (nSPS) is 17.8. The van der Waals surface area contributed by atoms with E-state index in [9.17, 15) is 13.2 Å². The molecule has 0 aliphatic carbocycles. The number of rotatable bonds is 6. The Kier molecular flexibility index (Phi) is 4.26. The summed E-state index contributed by atoms with van der Waals surface area (Å²) >= 11 is 0.